The van der Waals surface area contributed by atoms with E-state index in [4.69, 9.17) is 4.74 Å². The predicted molar refractivity (Wildman–Crippen MR) is 81.3 cm³/mol. The fraction of sp³-hybridized carbons (Fsp3) is 0.333. The van der Waals surface area contributed by atoms with Gasteiger partial charge in [-0.1, -0.05) is 60.7 Å². The number of hydrogen-bond acceptors (Lipinski definition) is 2. The molecule has 0 bridgehead atoms. The molecule has 0 unspecified atom stereocenters. The summed E-state index contributed by atoms with van der Waals surface area (Å²) in [5.41, 5.74) is 2.73. The van der Waals surface area contributed by atoms with Crippen LogP contribution >= 0.6 is 0 Å². The van der Waals surface area contributed by atoms with Crippen LogP contribution in [0.3, 0.4) is 0 Å². The van der Waals surface area contributed by atoms with Crippen LogP contribution in [-0.4, -0.2) is 23.7 Å². The molecule has 1 saturated heterocycles. The molecule has 0 aromatic heterocycles. The third-order valence-electron chi connectivity index (χ3n) is 4.00. The summed E-state index contributed by atoms with van der Waals surface area (Å²) in [6.45, 7) is 4.97. The molecule has 0 radical (unpaired) electrons. The van der Waals surface area contributed by atoms with Gasteiger partial charge in [-0.3, -0.25) is 4.90 Å². The Kier molecular flexibility index (Phi) is 4.14. The molecule has 0 saturated carbocycles. The van der Waals surface area contributed by atoms with Crippen molar-refractivity contribution in [2.45, 2.75) is 32.2 Å². The quantitative estimate of drug-likeness (QED) is 0.822. The Labute approximate surface area is 121 Å². The van der Waals surface area contributed by atoms with E-state index in [-0.39, 0.29) is 0 Å². The first-order valence-corrected chi connectivity index (χ1v) is 7.26. The Morgan fingerprint density at radius 2 is 1.40 bits per heavy atom. The number of benzene rings is 2. The van der Waals surface area contributed by atoms with Crippen LogP contribution in [0.15, 0.2) is 60.7 Å². The van der Waals surface area contributed by atoms with Crippen molar-refractivity contribution in [3.63, 3.8) is 0 Å². The summed E-state index contributed by atoms with van der Waals surface area (Å²) in [4.78, 5) is 2.53. The summed E-state index contributed by atoms with van der Waals surface area (Å²) in [5, 5.41) is 0. The SMILES string of the molecule is C[C@@H]1OC[C@@H]1N(Cc1ccccc1)Cc1ccccc1. The van der Waals surface area contributed by atoms with Crippen molar-refractivity contribution in [3.05, 3.63) is 71.8 Å². The maximum Gasteiger partial charge on any atom is 0.0725 e. The Morgan fingerprint density at radius 1 is 0.900 bits per heavy atom. The highest BCUT2D eigenvalue weighted by Gasteiger charge is 2.33. The van der Waals surface area contributed by atoms with Gasteiger partial charge in [0.05, 0.1) is 18.8 Å². The minimum atomic E-state index is 0.336. The lowest BCUT2D eigenvalue weighted by molar-refractivity contribution is -0.129. The highest BCUT2D eigenvalue weighted by atomic mass is 16.5. The Bertz CT molecular complexity index is 484. The van der Waals surface area contributed by atoms with Gasteiger partial charge >= 0.3 is 0 Å². The second-order valence-electron chi connectivity index (χ2n) is 5.48. The zero-order valence-corrected chi connectivity index (χ0v) is 11.9. The summed E-state index contributed by atoms with van der Waals surface area (Å²) < 4.78 is 5.56. The van der Waals surface area contributed by atoms with Crippen LogP contribution in [0.2, 0.25) is 0 Å². The Morgan fingerprint density at radius 3 is 1.75 bits per heavy atom. The highest BCUT2D eigenvalue weighted by molar-refractivity contribution is 5.17. The molecule has 20 heavy (non-hydrogen) atoms. The van der Waals surface area contributed by atoms with E-state index < -0.39 is 0 Å². The lowest BCUT2D eigenvalue weighted by Crippen LogP contribution is -2.54. The molecule has 2 nitrogen and oxygen atoms in total. The van der Waals surface area contributed by atoms with Crippen molar-refractivity contribution >= 4 is 0 Å². The molecule has 0 aliphatic carbocycles. The van der Waals surface area contributed by atoms with Crippen molar-refractivity contribution < 1.29 is 4.74 Å². The second-order valence-corrected chi connectivity index (χ2v) is 5.48. The minimum absolute atomic E-state index is 0.336. The zero-order chi connectivity index (χ0) is 13.8. The van der Waals surface area contributed by atoms with Gasteiger partial charge in [-0.2, -0.15) is 0 Å². The van der Waals surface area contributed by atoms with Gasteiger partial charge in [-0.15, -0.1) is 0 Å². The lowest BCUT2D eigenvalue weighted by Gasteiger charge is -2.42. The van der Waals surface area contributed by atoms with E-state index in [1.165, 1.54) is 11.1 Å². The zero-order valence-electron chi connectivity index (χ0n) is 11.9. The summed E-state index contributed by atoms with van der Waals surface area (Å²) in [6.07, 6.45) is 0.336. The van der Waals surface area contributed by atoms with E-state index in [2.05, 4.69) is 72.5 Å². The number of ether oxygens (including phenoxy) is 1. The largest absolute Gasteiger partial charge is 0.375 e. The lowest BCUT2D eigenvalue weighted by atomic mass is 10.0. The molecule has 104 valence electrons. The first-order valence-electron chi connectivity index (χ1n) is 7.26. The van der Waals surface area contributed by atoms with Gasteiger partial charge in [-0.05, 0) is 18.1 Å². The molecular formula is C18H21NO. The third kappa shape index (κ3) is 3.09. The van der Waals surface area contributed by atoms with Crippen molar-refractivity contribution in [1.29, 1.82) is 0 Å². The van der Waals surface area contributed by atoms with Gasteiger partial charge in [0.25, 0.3) is 0 Å². The van der Waals surface area contributed by atoms with Crippen molar-refractivity contribution in [3.8, 4) is 0 Å². The molecule has 1 aliphatic heterocycles. The molecule has 0 N–H and O–H groups in total. The highest BCUT2D eigenvalue weighted by Crippen LogP contribution is 2.23. The molecule has 3 rings (SSSR count). The van der Waals surface area contributed by atoms with Gasteiger partial charge in [0.15, 0.2) is 0 Å². The summed E-state index contributed by atoms with van der Waals surface area (Å²) in [6, 6.07) is 21.9. The minimum Gasteiger partial charge on any atom is -0.375 e. The Balaban J connectivity index is 1.74. The van der Waals surface area contributed by atoms with E-state index in [1.54, 1.807) is 0 Å². The van der Waals surface area contributed by atoms with Crippen molar-refractivity contribution in [2.24, 2.45) is 0 Å². The normalized spacial score (nSPS) is 21.7. The third-order valence-corrected chi connectivity index (χ3v) is 4.00. The van der Waals surface area contributed by atoms with Crippen LogP contribution in [0.4, 0.5) is 0 Å². The average molecular weight is 267 g/mol. The molecule has 0 spiro atoms. The topological polar surface area (TPSA) is 12.5 Å². The van der Waals surface area contributed by atoms with Crippen LogP contribution in [0.25, 0.3) is 0 Å². The maximum atomic E-state index is 5.56. The standard InChI is InChI=1S/C18H21NO/c1-15-18(14-20-15)19(12-16-8-4-2-5-9-16)13-17-10-6-3-7-11-17/h2-11,15,18H,12-14H2,1H3/t15-,18-/m0/s1. The van der Waals surface area contributed by atoms with Crippen LogP contribution in [0.1, 0.15) is 18.1 Å². The smallest absolute Gasteiger partial charge is 0.0725 e. The van der Waals surface area contributed by atoms with Gasteiger partial charge in [-0.25, -0.2) is 0 Å². The van der Waals surface area contributed by atoms with Crippen molar-refractivity contribution in [2.75, 3.05) is 6.61 Å². The molecule has 2 heteroatoms. The first-order chi connectivity index (χ1) is 9.83. The summed E-state index contributed by atoms with van der Waals surface area (Å²) >= 11 is 0. The van der Waals surface area contributed by atoms with Crippen molar-refractivity contribution in [1.82, 2.24) is 4.90 Å². The molecule has 1 heterocycles. The number of rotatable bonds is 5. The van der Waals surface area contributed by atoms with Crippen LogP contribution in [0, 0.1) is 0 Å². The van der Waals surface area contributed by atoms with Gasteiger partial charge in [0.2, 0.25) is 0 Å². The molecule has 2 aromatic carbocycles. The van der Waals surface area contributed by atoms with E-state index in [1.807, 2.05) is 0 Å². The average Bonchev–Trinajstić information content (AvgIpc) is 2.48. The number of nitrogens with zero attached hydrogens (tertiary/aromatic N) is 1. The molecule has 2 aromatic rings. The van der Waals surface area contributed by atoms with E-state index in [0.29, 0.717) is 12.1 Å². The van der Waals surface area contributed by atoms with E-state index in [9.17, 15) is 0 Å². The van der Waals surface area contributed by atoms with E-state index in [0.717, 1.165) is 19.7 Å². The molecule has 1 fully saturated rings. The molecular weight excluding hydrogens is 246 g/mol. The van der Waals surface area contributed by atoms with E-state index >= 15 is 0 Å². The fourth-order valence-electron chi connectivity index (χ4n) is 2.70. The van der Waals surface area contributed by atoms with Gasteiger partial charge in [0, 0.05) is 13.1 Å². The Hall–Kier alpha value is -1.64. The van der Waals surface area contributed by atoms with Gasteiger partial charge in [0.1, 0.15) is 0 Å². The predicted octanol–water partition coefficient (Wildman–Crippen LogP) is 3.48. The maximum absolute atomic E-state index is 5.56. The monoisotopic (exact) mass is 267 g/mol. The summed E-state index contributed by atoms with van der Waals surface area (Å²) in [7, 11) is 0. The summed E-state index contributed by atoms with van der Waals surface area (Å²) in [5.74, 6) is 0. The first kappa shape index (κ1) is 13.3. The van der Waals surface area contributed by atoms with Crippen LogP contribution in [0.5, 0.6) is 0 Å². The number of hydrogen-bond donors (Lipinski definition) is 0. The second kappa shape index (κ2) is 6.21. The fourth-order valence-corrected chi connectivity index (χ4v) is 2.70. The molecule has 2 atom stereocenters. The van der Waals surface area contributed by atoms with Gasteiger partial charge < -0.3 is 4.74 Å². The molecule has 1 aliphatic rings. The molecule has 0 amide bonds. The van der Waals surface area contributed by atoms with Crippen LogP contribution < -0.4 is 0 Å². The van der Waals surface area contributed by atoms with Crippen LogP contribution in [-0.2, 0) is 17.8 Å².